The number of nitrogens with one attached hydrogen (secondary N) is 1. The number of benzene rings is 2. The van der Waals surface area contributed by atoms with E-state index in [9.17, 15) is 4.79 Å². The van der Waals surface area contributed by atoms with Crippen LogP contribution in [0, 0.1) is 0 Å². The summed E-state index contributed by atoms with van der Waals surface area (Å²) in [6.45, 7) is 2.28. The van der Waals surface area contributed by atoms with Crippen LogP contribution in [0.1, 0.15) is 17.5 Å². The fourth-order valence-electron chi connectivity index (χ4n) is 4.25. The number of aromatic nitrogens is 1. The highest BCUT2D eigenvalue weighted by Gasteiger charge is 2.31. The molecule has 3 aromatic rings. The van der Waals surface area contributed by atoms with Gasteiger partial charge in [0.1, 0.15) is 0 Å². The van der Waals surface area contributed by atoms with Crippen molar-refractivity contribution in [1.29, 1.82) is 0 Å². The third kappa shape index (κ3) is 5.61. The Kier molecular flexibility index (Phi) is 7.30. The van der Waals surface area contributed by atoms with Gasteiger partial charge in [-0.25, -0.2) is 0 Å². The predicted octanol–water partition coefficient (Wildman–Crippen LogP) is 3.61. The minimum atomic E-state index is -0.242. The van der Waals surface area contributed by atoms with Crippen molar-refractivity contribution >= 4 is 5.91 Å². The summed E-state index contributed by atoms with van der Waals surface area (Å²) in [5.74, 6) is 0.198. The minimum Gasteiger partial charge on any atom is -0.340 e. The van der Waals surface area contributed by atoms with Crippen LogP contribution < -0.4 is 5.32 Å². The molecule has 5 nitrogen and oxygen atoms in total. The number of rotatable bonds is 8. The number of amides is 1. The smallest absolute Gasteiger partial charge is 0.240 e. The van der Waals surface area contributed by atoms with Gasteiger partial charge in [-0.15, -0.1) is 0 Å². The van der Waals surface area contributed by atoms with Gasteiger partial charge in [0, 0.05) is 37.4 Å². The molecular formula is C27H32N4O. The lowest BCUT2D eigenvalue weighted by Crippen LogP contribution is -2.47. The molecule has 1 saturated heterocycles. The first kappa shape index (κ1) is 22.2. The standard InChI is InChI=1S/C27H32N4O/c1-30(2)24-15-17-31(20-24)27(32)26(18-21-8-4-3-5-9-21)29-19-22-11-13-23(14-12-22)25-10-6-7-16-28-25/h3-14,16,24,26,29H,15,17-20H2,1-2H3/t24-,26-/m0/s1. The summed E-state index contributed by atoms with van der Waals surface area (Å²) in [6, 6.07) is 24.8. The Bertz CT molecular complexity index is 989. The molecule has 1 fully saturated rings. The Morgan fingerprint density at radius 3 is 2.44 bits per heavy atom. The topological polar surface area (TPSA) is 48.5 Å². The Hall–Kier alpha value is -3.02. The molecule has 0 unspecified atom stereocenters. The van der Waals surface area contributed by atoms with Crippen molar-refractivity contribution in [3.05, 3.63) is 90.1 Å². The number of hydrogen-bond donors (Lipinski definition) is 1. The third-order valence-electron chi connectivity index (χ3n) is 6.25. The number of carbonyl (C=O) groups excluding carboxylic acids is 1. The highest BCUT2D eigenvalue weighted by Crippen LogP contribution is 2.18. The lowest BCUT2D eigenvalue weighted by molar-refractivity contribution is -0.132. The van der Waals surface area contributed by atoms with Crippen LogP contribution in [0.4, 0.5) is 0 Å². The van der Waals surface area contributed by atoms with E-state index in [1.807, 2.05) is 47.5 Å². The van der Waals surface area contributed by atoms with Crippen LogP contribution >= 0.6 is 0 Å². The Morgan fingerprint density at radius 1 is 1.03 bits per heavy atom. The molecule has 2 atom stereocenters. The third-order valence-corrected chi connectivity index (χ3v) is 6.25. The van der Waals surface area contributed by atoms with Gasteiger partial charge in [0.2, 0.25) is 5.91 Å². The van der Waals surface area contributed by atoms with Gasteiger partial charge in [0.15, 0.2) is 0 Å². The molecule has 0 spiro atoms. The van der Waals surface area contributed by atoms with Gasteiger partial charge in [0.05, 0.1) is 11.7 Å². The maximum absolute atomic E-state index is 13.4. The first-order chi connectivity index (χ1) is 15.6. The molecule has 1 amide bonds. The molecule has 166 valence electrons. The molecule has 1 aromatic heterocycles. The van der Waals surface area contributed by atoms with E-state index < -0.39 is 0 Å². The van der Waals surface area contributed by atoms with E-state index in [4.69, 9.17) is 0 Å². The molecule has 0 aliphatic carbocycles. The summed E-state index contributed by atoms with van der Waals surface area (Å²) in [4.78, 5) is 22.1. The van der Waals surface area contributed by atoms with Crippen molar-refractivity contribution in [2.24, 2.45) is 0 Å². The second-order valence-corrected chi connectivity index (χ2v) is 8.73. The van der Waals surface area contributed by atoms with Crippen molar-refractivity contribution in [2.75, 3.05) is 27.2 Å². The van der Waals surface area contributed by atoms with E-state index in [-0.39, 0.29) is 11.9 Å². The van der Waals surface area contributed by atoms with Crippen molar-refractivity contribution in [2.45, 2.75) is 31.5 Å². The minimum absolute atomic E-state index is 0.198. The van der Waals surface area contributed by atoms with Crippen molar-refractivity contribution in [3.63, 3.8) is 0 Å². The average Bonchev–Trinajstić information content (AvgIpc) is 3.34. The lowest BCUT2D eigenvalue weighted by atomic mass is 10.0. The highest BCUT2D eigenvalue weighted by atomic mass is 16.2. The van der Waals surface area contributed by atoms with Crippen LogP contribution in [0.25, 0.3) is 11.3 Å². The van der Waals surface area contributed by atoms with E-state index in [2.05, 4.69) is 65.7 Å². The Labute approximate surface area is 191 Å². The van der Waals surface area contributed by atoms with Crippen LogP contribution in [-0.2, 0) is 17.8 Å². The molecule has 1 aliphatic heterocycles. The molecule has 0 saturated carbocycles. The summed E-state index contributed by atoms with van der Waals surface area (Å²) in [7, 11) is 4.18. The number of carbonyl (C=O) groups is 1. The molecule has 0 radical (unpaired) electrons. The molecule has 32 heavy (non-hydrogen) atoms. The molecule has 1 N–H and O–H groups in total. The summed E-state index contributed by atoms with van der Waals surface area (Å²) in [6.07, 6.45) is 3.53. The molecule has 2 heterocycles. The summed E-state index contributed by atoms with van der Waals surface area (Å²) < 4.78 is 0. The van der Waals surface area contributed by atoms with Crippen LogP contribution in [0.5, 0.6) is 0 Å². The summed E-state index contributed by atoms with van der Waals surface area (Å²) in [5.41, 5.74) is 4.39. The molecule has 5 heteroatoms. The van der Waals surface area contributed by atoms with E-state index in [1.165, 1.54) is 5.56 Å². The van der Waals surface area contributed by atoms with Crippen molar-refractivity contribution in [1.82, 2.24) is 20.1 Å². The fourth-order valence-corrected chi connectivity index (χ4v) is 4.25. The van der Waals surface area contributed by atoms with Crippen LogP contribution in [0.15, 0.2) is 79.0 Å². The maximum Gasteiger partial charge on any atom is 0.240 e. The molecular weight excluding hydrogens is 396 g/mol. The summed E-state index contributed by atoms with van der Waals surface area (Å²) in [5, 5.41) is 3.54. The second-order valence-electron chi connectivity index (χ2n) is 8.73. The number of pyridine rings is 1. The lowest BCUT2D eigenvalue weighted by Gasteiger charge is -2.26. The number of likely N-dealkylation sites (tertiary alicyclic amines) is 1. The average molecular weight is 429 g/mol. The monoisotopic (exact) mass is 428 g/mol. The van der Waals surface area contributed by atoms with Gasteiger partial charge in [-0.1, -0.05) is 60.7 Å². The number of likely N-dealkylation sites (N-methyl/N-ethyl adjacent to an activating group) is 1. The zero-order valence-corrected chi connectivity index (χ0v) is 18.9. The first-order valence-electron chi connectivity index (χ1n) is 11.3. The van der Waals surface area contributed by atoms with Gasteiger partial charge in [-0.3, -0.25) is 9.78 Å². The largest absolute Gasteiger partial charge is 0.340 e. The fraction of sp³-hybridized carbons (Fsp3) is 0.333. The van der Waals surface area contributed by atoms with Crippen LogP contribution in [0.2, 0.25) is 0 Å². The quantitative estimate of drug-likeness (QED) is 0.596. The van der Waals surface area contributed by atoms with Gasteiger partial charge in [-0.05, 0) is 50.2 Å². The van der Waals surface area contributed by atoms with Gasteiger partial charge in [0.25, 0.3) is 0 Å². The predicted molar refractivity (Wildman–Crippen MR) is 129 cm³/mol. The van der Waals surface area contributed by atoms with E-state index in [0.717, 1.165) is 36.3 Å². The van der Waals surface area contributed by atoms with Gasteiger partial charge in [-0.2, -0.15) is 0 Å². The zero-order valence-electron chi connectivity index (χ0n) is 18.9. The number of hydrogen-bond acceptors (Lipinski definition) is 4. The maximum atomic E-state index is 13.4. The normalized spacial score (nSPS) is 17.0. The van der Waals surface area contributed by atoms with Gasteiger partial charge >= 0.3 is 0 Å². The second kappa shape index (κ2) is 10.5. The highest BCUT2D eigenvalue weighted by molar-refractivity contribution is 5.82. The van der Waals surface area contributed by atoms with E-state index in [0.29, 0.717) is 19.0 Å². The molecule has 2 aromatic carbocycles. The molecule has 4 rings (SSSR count). The first-order valence-corrected chi connectivity index (χ1v) is 11.3. The molecule has 1 aliphatic rings. The van der Waals surface area contributed by atoms with E-state index in [1.54, 1.807) is 0 Å². The summed E-state index contributed by atoms with van der Waals surface area (Å²) >= 11 is 0. The van der Waals surface area contributed by atoms with Gasteiger partial charge < -0.3 is 15.1 Å². The Balaban J connectivity index is 1.43. The number of nitrogens with zero attached hydrogens (tertiary/aromatic N) is 3. The van der Waals surface area contributed by atoms with E-state index >= 15 is 0 Å². The van der Waals surface area contributed by atoms with Crippen LogP contribution in [0.3, 0.4) is 0 Å². The van der Waals surface area contributed by atoms with Crippen LogP contribution in [-0.4, -0.2) is 60.0 Å². The van der Waals surface area contributed by atoms with Crippen molar-refractivity contribution < 1.29 is 4.79 Å². The Morgan fingerprint density at radius 2 is 1.78 bits per heavy atom. The van der Waals surface area contributed by atoms with Crippen molar-refractivity contribution in [3.8, 4) is 11.3 Å². The molecule has 0 bridgehead atoms. The SMILES string of the molecule is CN(C)[C@H]1CCN(C(=O)[C@H](Cc2ccccc2)NCc2ccc(-c3ccccn3)cc2)C1. The zero-order chi connectivity index (χ0) is 22.3.